The van der Waals surface area contributed by atoms with E-state index in [0.29, 0.717) is 18.5 Å². The Morgan fingerprint density at radius 1 is 1.32 bits per heavy atom. The Balaban J connectivity index is 1.98. The molecule has 2 amide bonds. The molecule has 0 saturated carbocycles. The van der Waals surface area contributed by atoms with Crippen molar-refractivity contribution in [3.05, 3.63) is 46.9 Å². The Bertz CT molecular complexity index is 773. The molecule has 1 aromatic rings. The number of nitrogens with one attached hydrogen (secondary N) is 1. The number of carbonyl (C=O) groups excluding carboxylic acids is 2. The molecule has 1 N–H and O–H groups in total. The lowest BCUT2D eigenvalue weighted by molar-refractivity contribution is -0.146. The SMILES string of the molecule is C=C1CCC(N2Cc3c(cc(F)cc3[C@@H](C)C(F)(F)F)C2=O)C(=O)N1. The number of alkyl halides is 3. The Morgan fingerprint density at radius 3 is 2.60 bits per heavy atom. The maximum atomic E-state index is 13.8. The van der Waals surface area contributed by atoms with Crippen molar-refractivity contribution in [1.82, 2.24) is 10.2 Å². The molecule has 1 unspecified atom stereocenters. The Morgan fingerprint density at radius 2 is 2.00 bits per heavy atom. The molecule has 0 aliphatic carbocycles. The van der Waals surface area contributed by atoms with Crippen molar-refractivity contribution in [2.75, 3.05) is 0 Å². The molecule has 1 saturated heterocycles. The molecular weight excluding hydrogens is 340 g/mol. The number of piperidine rings is 1. The van der Waals surface area contributed by atoms with E-state index in [0.717, 1.165) is 19.1 Å². The zero-order valence-corrected chi connectivity index (χ0v) is 13.4. The Labute approximate surface area is 141 Å². The first-order valence-corrected chi connectivity index (χ1v) is 7.78. The van der Waals surface area contributed by atoms with Gasteiger partial charge in [-0.1, -0.05) is 6.58 Å². The molecule has 2 atom stereocenters. The zero-order chi connectivity index (χ0) is 18.5. The first-order chi connectivity index (χ1) is 11.6. The fourth-order valence-corrected chi connectivity index (χ4v) is 3.30. The van der Waals surface area contributed by atoms with E-state index in [1.54, 1.807) is 0 Å². The molecule has 2 aliphatic rings. The van der Waals surface area contributed by atoms with E-state index in [9.17, 15) is 27.2 Å². The van der Waals surface area contributed by atoms with E-state index in [2.05, 4.69) is 11.9 Å². The van der Waals surface area contributed by atoms with Gasteiger partial charge < -0.3 is 10.2 Å². The van der Waals surface area contributed by atoms with Crippen molar-refractivity contribution in [3.63, 3.8) is 0 Å². The van der Waals surface area contributed by atoms with E-state index >= 15 is 0 Å². The number of hydrogen-bond donors (Lipinski definition) is 1. The van der Waals surface area contributed by atoms with E-state index in [-0.39, 0.29) is 23.2 Å². The second kappa shape index (κ2) is 5.86. The fourth-order valence-electron chi connectivity index (χ4n) is 3.30. The van der Waals surface area contributed by atoms with Gasteiger partial charge in [0.25, 0.3) is 5.91 Å². The zero-order valence-electron chi connectivity index (χ0n) is 13.4. The second-order valence-electron chi connectivity index (χ2n) is 6.36. The van der Waals surface area contributed by atoms with Gasteiger partial charge in [0.1, 0.15) is 11.9 Å². The summed E-state index contributed by atoms with van der Waals surface area (Å²) in [5, 5.41) is 2.55. The largest absolute Gasteiger partial charge is 0.395 e. The molecule has 0 radical (unpaired) electrons. The molecule has 0 bridgehead atoms. The van der Waals surface area contributed by atoms with Gasteiger partial charge in [-0.3, -0.25) is 9.59 Å². The van der Waals surface area contributed by atoms with Crippen LogP contribution in [0.15, 0.2) is 24.4 Å². The van der Waals surface area contributed by atoms with E-state index in [1.165, 1.54) is 4.90 Å². The number of halogens is 4. The smallest absolute Gasteiger partial charge is 0.329 e. The van der Waals surface area contributed by atoms with E-state index in [4.69, 9.17) is 0 Å². The summed E-state index contributed by atoms with van der Waals surface area (Å²) < 4.78 is 53.1. The predicted molar refractivity (Wildman–Crippen MR) is 81.0 cm³/mol. The third-order valence-corrected chi connectivity index (χ3v) is 4.72. The number of hydrogen-bond acceptors (Lipinski definition) is 2. The van der Waals surface area contributed by atoms with Crippen molar-refractivity contribution >= 4 is 11.8 Å². The van der Waals surface area contributed by atoms with Crippen LogP contribution in [0.5, 0.6) is 0 Å². The molecule has 134 valence electrons. The summed E-state index contributed by atoms with van der Waals surface area (Å²) in [4.78, 5) is 25.9. The number of carbonyl (C=O) groups is 2. The van der Waals surface area contributed by atoms with Crippen LogP contribution in [0.3, 0.4) is 0 Å². The lowest BCUT2D eigenvalue weighted by Gasteiger charge is -2.31. The number of allylic oxidation sites excluding steroid dienone is 1. The summed E-state index contributed by atoms with van der Waals surface area (Å²) in [6, 6.07) is 0.947. The van der Waals surface area contributed by atoms with E-state index < -0.39 is 35.8 Å². The fraction of sp³-hybridized carbons (Fsp3) is 0.412. The summed E-state index contributed by atoms with van der Waals surface area (Å²) in [5.74, 6) is -3.87. The number of amides is 2. The predicted octanol–water partition coefficient (Wildman–Crippen LogP) is 3.24. The third-order valence-electron chi connectivity index (χ3n) is 4.72. The first-order valence-electron chi connectivity index (χ1n) is 7.78. The highest BCUT2D eigenvalue weighted by atomic mass is 19.4. The van der Waals surface area contributed by atoms with Crippen LogP contribution >= 0.6 is 0 Å². The van der Waals surface area contributed by atoms with Crippen LogP contribution in [0.1, 0.15) is 47.2 Å². The summed E-state index contributed by atoms with van der Waals surface area (Å²) >= 11 is 0. The minimum absolute atomic E-state index is 0.108. The summed E-state index contributed by atoms with van der Waals surface area (Å²) in [7, 11) is 0. The quantitative estimate of drug-likeness (QED) is 0.827. The maximum absolute atomic E-state index is 13.8. The van der Waals surface area contributed by atoms with Crippen LogP contribution < -0.4 is 5.32 Å². The molecule has 0 aromatic heterocycles. The van der Waals surface area contributed by atoms with Crippen molar-refractivity contribution in [2.45, 2.75) is 44.4 Å². The van der Waals surface area contributed by atoms with Gasteiger partial charge in [-0.05, 0) is 43.0 Å². The molecule has 2 aliphatic heterocycles. The van der Waals surface area contributed by atoms with E-state index in [1.807, 2.05) is 0 Å². The van der Waals surface area contributed by atoms with Gasteiger partial charge in [-0.2, -0.15) is 13.2 Å². The van der Waals surface area contributed by atoms with Crippen LogP contribution in [0.4, 0.5) is 17.6 Å². The molecule has 1 fully saturated rings. The molecule has 25 heavy (non-hydrogen) atoms. The lowest BCUT2D eigenvalue weighted by atomic mass is 9.93. The van der Waals surface area contributed by atoms with Gasteiger partial charge in [0, 0.05) is 17.8 Å². The van der Waals surface area contributed by atoms with Crippen molar-refractivity contribution < 1.29 is 27.2 Å². The van der Waals surface area contributed by atoms with Crippen molar-refractivity contribution in [1.29, 1.82) is 0 Å². The molecule has 3 rings (SSSR count). The van der Waals surface area contributed by atoms with Gasteiger partial charge >= 0.3 is 6.18 Å². The molecular formula is C17H16F4N2O2. The van der Waals surface area contributed by atoms with Gasteiger partial charge in [-0.15, -0.1) is 0 Å². The van der Waals surface area contributed by atoms with Gasteiger partial charge in [0.15, 0.2) is 0 Å². The average Bonchev–Trinajstić information content (AvgIpc) is 2.82. The number of fused-ring (bicyclic) bond motifs is 1. The highest BCUT2D eigenvalue weighted by molar-refractivity contribution is 6.01. The minimum Gasteiger partial charge on any atom is -0.329 e. The van der Waals surface area contributed by atoms with Gasteiger partial charge in [0.2, 0.25) is 5.91 Å². The van der Waals surface area contributed by atoms with Gasteiger partial charge in [-0.25, -0.2) is 4.39 Å². The molecule has 1 aromatic carbocycles. The van der Waals surface area contributed by atoms with Crippen molar-refractivity contribution in [3.8, 4) is 0 Å². The van der Waals surface area contributed by atoms with Crippen LogP contribution in [0.25, 0.3) is 0 Å². The van der Waals surface area contributed by atoms with Crippen LogP contribution in [0.2, 0.25) is 0 Å². The summed E-state index contributed by atoms with van der Waals surface area (Å²) in [5.41, 5.74) is 0.290. The Hall–Kier alpha value is -2.38. The standard InChI is InChI=1S/C17H16F4N2O2/c1-8-3-4-14(15(24)22-8)23-7-13-11(9(2)17(19,20)21)5-10(18)6-12(13)16(23)25/h5-6,9,14H,1,3-4,7H2,2H3,(H,22,24)/t9-,14?/m1/s1. The van der Waals surface area contributed by atoms with Crippen LogP contribution in [-0.4, -0.2) is 28.9 Å². The second-order valence-corrected chi connectivity index (χ2v) is 6.36. The third kappa shape index (κ3) is 3.01. The molecule has 8 heteroatoms. The Kier molecular flexibility index (Phi) is 4.09. The molecule has 0 spiro atoms. The normalized spacial score (nSPS) is 22.0. The number of nitrogens with zero attached hydrogens (tertiary/aromatic N) is 1. The minimum atomic E-state index is -4.56. The lowest BCUT2D eigenvalue weighted by Crippen LogP contribution is -2.49. The van der Waals surface area contributed by atoms with Gasteiger partial charge in [0.05, 0.1) is 5.92 Å². The highest BCUT2D eigenvalue weighted by Gasteiger charge is 2.43. The molecule has 4 nitrogen and oxygen atoms in total. The maximum Gasteiger partial charge on any atom is 0.395 e. The van der Waals surface area contributed by atoms with Crippen LogP contribution in [-0.2, 0) is 11.3 Å². The molecule has 2 heterocycles. The summed E-state index contributed by atoms with van der Waals surface area (Å²) in [6.07, 6.45) is -3.76. The summed E-state index contributed by atoms with van der Waals surface area (Å²) in [6.45, 7) is 4.44. The van der Waals surface area contributed by atoms with Crippen molar-refractivity contribution in [2.24, 2.45) is 0 Å². The average molecular weight is 356 g/mol. The highest BCUT2D eigenvalue weighted by Crippen LogP contribution is 2.40. The van der Waals surface area contributed by atoms with Crippen LogP contribution in [0, 0.1) is 5.82 Å². The number of rotatable bonds is 2. The first kappa shape index (κ1) is 17.4. The monoisotopic (exact) mass is 356 g/mol. The topological polar surface area (TPSA) is 49.4 Å². The number of benzene rings is 1.